The molecule has 0 fully saturated rings. The molecule has 1 N–H and O–H groups in total. The minimum absolute atomic E-state index is 0.0926. The third kappa shape index (κ3) is 0.964. The third-order valence-corrected chi connectivity index (χ3v) is 0.738. The molecule has 1 aromatic rings. The van der Waals surface area contributed by atoms with E-state index in [-0.39, 0.29) is 5.75 Å². The molecule has 0 amide bonds. The highest BCUT2D eigenvalue weighted by Crippen LogP contribution is 2.07. The molecule has 0 atom stereocenters. The van der Waals surface area contributed by atoms with Crippen molar-refractivity contribution in [3.8, 4) is 5.75 Å². The van der Waals surface area contributed by atoms with Gasteiger partial charge in [-0.25, -0.2) is 4.39 Å². The van der Waals surface area contributed by atoms with Crippen molar-refractivity contribution in [1.82, 2.24) is 0 Å². The maximum atomic E-state index is 12.0. The molecular formula is C6H4FO. The highest BCUT2D eigenvalue weighted by atomic mass is 19.1. The average molecular weight is 111 g/mol. The lowest BCUT2D eigenvalue weighted by molar-refractivity contribution is 0.469. The lowest BCUT2D eigenvalue weighted by Gasteiger charge is -1.86. The second-order valence-corrected chi connectivity index (χ2v) is 1.41. The summed E-state index contributed by atoms with van der Waals surface area (Å²) >= 11 is 0. The molecule has 0 heterocycles. The van der Waals surface area contributed by atoms with E-state index >= 15 is 0 Å². The van der Waals surface area contributed by atoms with Gasteiger partial charge in [-0.15, -0.1) is 0 Å². The van der Waals surface area contributed by atoms with Crippen LogP contribution >= 0.6 is 0 Å². The van der Waals surface area contributed by atoms with E-state index in [2.05, 4.69) is 6.07 Å². The molecule has 0 saturated carbocycles. The number of hydrogen-bond acceptors (Lipinski definition) is 1. The Kier molecular flexibility index (Phi) is 1.16. The van der Waals surface area contributed by atoms with Crippen LogP contribution in [-0.2, 0) is 0 Å². The first-order valence-corrected chi connectivity index (χ1v) is 2.14. The predicted octanol–water partition coefficient (Wildman–Crippen LogP) is 1.33. The fraction of sp³-hybridized carbons (Fsp3) is 0. The molecule has 0 bridgehead atoms. The van der Waals surface area contributed by atoms with Crippen molar-refractivity contribution in [1.29, 1.82) is 0 Å². The zero-order chi connectivity index (χ0) is 5.98. The largest absolute Gasteiger partial charge is 0.508 e. The molecule has 1 rings (SSSR count). The van der Waals surface area contributed by atoms with E-state index in [4.69, 9.17) is 5.11 Å². The van der Waals surface area contributed by atoms with E-state index in [0.717, 1.165) is 12.1 Å². The van der Waals surface area contributed by atoms with Crippen LogP contribution in [0.25, 0.3) is 0 Å². The maximum Gasteiger partial charge on any atom is 0.127 e. The van der Waals surface area contributed by atoms with E-state index in [1.165, 1.54) is 6.07 Å². The Hall–Kier alpha value is -1.05. The summed E-state index contributed by atoms with van der Waals surface area (Å²) in [5.41, 5.74) is 0. The van der Waals surface area contributed by atoms with Crippen LogP contribution in [0.4, 0.5) is 4.39 Å². The second kappa shape index (κ2) is 1.82. The Morgan fingerprint density at radius 1 is 1.50 bits per heavy atom. The number of rotatable bonds is 0. The molecule has 0 aliphatic rings. The van der Waals surface area contributed by atoms with Gasteiger partial charge >= 0.3 is 0 Å². The van der Waals surface area contributed by atoms with Crippen molar-refractivity contribution in [2.75, 3.05) is 0 Å². The molecule has 41 valence electrons. The van der Waals surface area contributed by atoms with Crippen LogP contribution in [-0.4, -0.2) is 5.11 Å². The monoisotopic (exact) mass is 111 g/mol. The number of benzene rings is 1. The molecule has 0 spiro atoms. The summed E-state index contributed by atoms with van der Waals surface area (Å²) in [4.78, 5) is 0. The quantitative estimate of drug-likeness (QED) is 0.535. The van der Waals surface area contributed by atoms with Gasteiger partial charge in [0.05, 0.1) is 0 Å². The Morgan fingerprint density at radius 3 is 2.62 bits per heavy atom. The van der Waals surface area contributed by atoms with Gasteiger partial charge < -0.3 is 5.11 Å². The molecule has 0 unspecified atom stereocenters. The molecule has 1 aromatic carbocycles. The number of phenols is 1. The summed E-state index contributed by atoms with van der Waals surface area (Å²) < 4.78 is 12.0. The summed E-state index contributed by atoms with van der Waals surface area (Å²) in [5.74, 6) is -0.560. The van der Waals surface area contributed by atoms with Crippen LogP contribution in [0.1, 0.15) is 0 Å². The van der Waals surface area contributed by atoms with E-state index < -0.39 is 5.82 Å². The summed E-state index contributed by atoms with van der Waals surface area (Å²) in [6, 6.07) is 5.88. The van der Waals surface area contributed by atoms with Gasteiger partial charge in [0.25, 0.3) is 0 Å². The first-order chi connectivity index (χ1) is 3.79. The van der Waals surface area contributed by atoms with Gasteiger partial charge in [0, 0.05) is 6.07 Å². The molecule has 2 heteroatoms. The van der Waals surface area contributed by atoms with Crippen LogP contribution < -0.4 is 0 Å². The van der Waals surface area contributed by atoms with Crippen LogP contribution in [0.15, 0.2) is 18.2 Å². The van der Waals surface area contributed by atoms with Crippen LogP contribution in [0.2, 0.25) is 0 Å². The van der Waals surface area contributed by atoms with E-state index in [1.54, 1.807) is 0 Å². The second-order valence-electron chi connectivity index (χ2n) is 1.41. The van der Waals surface area contributed by atoms with E-state index in [0.29, 0.717) is 0 Å². The van der Waals surface area contributed by atoms with Crippen LogP contribution in [0.3, 0.4) is 0 Å². The van der Waals surface area contributed by atoms with Gasteiger partial charge in [-0.05, 0) is 18.2 Å². The minimum Gasteiger partial charge on any atom is -0.508 e. The summed E-state index contributed by atoms with van der Waals surface area (Å²) in [6.07, 6.45) is 0. The molecule has 8 heavy (non-hydrogen) atoms. The molecule has 0 aromatic heterocycles. The third-order valence-electron chi connectivity index (χ3n) is 0.738. The summed E-state index contributed by atoms with van der Waals surface area (Å²) in [6.45, 7) is 0. The predicted molar refractivity (Wildman–Crippen MR) is 26.9 cm³/mol. The first-order valence-electron chi connectivity index (χ1n) is 2.14. The Labute approximate surface area is 46.4 Å². The number of aromatic hydroxyl groups is 1. The van der Waals surface area contributed by atoms with Gasteiger partial charge in [-0.1, -0.05) is 0 Å². The fourth-order valence-corrected chi connectivity index (χ4v) is 0.431. The SMILES string of the molecule is Oc1c[c]cc(F)c1. The molecule has 1 radical (unpaired) electrons. The first kappa shape index (κ1) is 5.09. The van der Waals surface area contributed by atoms with Gasteiger partial charge in [-0.3, -0.25) is 0 Å². The Bertz CT molecular complexity index is 168. The molecule has 1 nitrogen and oxygen atoms in total. The zero-order valence-electron chi connectivity index (χ0n) is 4.06. The standard InChI is InChI=1S/C6H4FO/c7-5-2-1-3-6(8)4-5/h2-4,8H. The summed E-state index contributed by atoms with van der Waals surface area (Å²) in [5, 5.41) is 8.54. The highest BCUT2D eigenvalue weighted by Gasteiger charge is 1.87. The van der Waals surface area contributed by atoms with Gasteiger partial charge in [0.2, 0.25) is 0 Å². The van der Waals surface area contributed by atoms with Crippen LogP contribution in [0.5, 0.6) is 5.75 Å². The number of phenolic OH excluding ortho intramolecular Hbond substituents is 1. The van der Waals surface area contributed by atoms with Gasteiger partial charge in [0.1, 0.15) is 11.6 Å². The zero-order valence-corrected chi connectivity index (χ0v) is 4.06. The van der Waals surface area contributed by atoms with Crippen LogP contribution in [0, 0.1) is 11.9 Å². The van der Waals surface area contributed by atoms with Crippen molar-refractivity contribution in [3.05, 3.63) is 30.1 Å². The smallest absolute Gasteiger partial charge is 0.127 e. The van der Waals surface area contributed by atoms with Gasteiger partial charge in [0.15, 0.2) is 0 Å². The Morgan fingerprint density at radius 2 is 2.25 bits per heavy atom. The molecule has 0 aliphatic heterocycles. The maximum absolute atomic E-state index is 12.0. The molecule has 0 saturated heterocycles. The summed E-state index contributed by atoms with van der Waals surface area (Å²) in [7, 11) is 0. The number of hydrogen-bond donors (Lipinski definition) is 1. The normalized spacial score (nSPS) is 9.12. The number of halogens is 1. The van der Waals surface area contributed by atoms with Crippen molar-refractivity contribution in [2.24, 2.45) is 0 Å². The van der Waals surface area contributed by atoms with Crippen molar-refractivity contribution in [2.45, 2.75) is 0 Å². The van der Waals surface area contributed by atoms with Crippen molar-refractivity contribution in [3.63, 3.8) is 0 Å². The van der Waals surface area contributed by atoms with Crippen molar-refractivity contribution < 1.29 is 9.50 Å². The lowest BCUT2D eigenvalue weighted by atomic mass is 10.3. The lowest BCUT2D eigenvalue weighted by Crippen LogP contribution is -1.68. The minimum atomic E-state index is -0.468. The fourth-order valence-electron chi connectivity index (χ4n) is 0.431. The highest BCUT2D eigenvalue weighted by molar-refractivity contribution is 5.19. The molecular weight excluding hydrogens is 107 g/mol. The van der Waals surface area contributed by atoms with E-state index in [9.17, 15) is 4.39 Å². The van der Waals surface area contributed by atoms with E-state index in [1.807, 2.05) is 0 Å². The Balaban J connectivity index is 3.08. The molecule has 0 aliphatic carbocycles. The van der Waals surface area contributed by atoms with Gasteiger partial charge in [-0.2, -0.15) is 0 Å². The average Bonchev–Trinajstić information content (AvgIpc) is 1.64. The van der Waals surface area contributed by atoms with Crippen molar-refractivity contribution >= 4 is 0 Å². The topological polar surface area (TPSA) is 20.2 Å².